The van der Waals surface area contributed by atoms with Crippen LogP contribution in [-0.2, 0) is 49.6 Å². The fourth-order valence-corrected chi connectivity index (χ4v) is 9.60. The second-order valence-electron chi connectivity index (χ2n) is 21.5. The van der Waals surface area contributed by atoms with E-state index in [4.69, 9.17) is 0 Å². The number of likely N-dealkylation sites (tertiary alicyclic amines) is 2. The van der Waals surface area contributed by atoms with Crippen molar-refractivity contribution in [3.8, 4) is 0 Å². The van der Waals surface area contributed by atoms with Gasteiger partial charge in [-0.05, 0) is 162 Å². The summed E-state index contributed by atoms with van der Waals surface area (Å²) in [5.41, 5.74) is 0.922. The third-order valence-corrected chi connectivity index (χ3v) is 14.6. The molecule has 9 atom stereocenters. The van der Waals surface area contributed by atoms with Crippen molar-refractivity contribution in [3.63, 3.8) is 0 Å². The molecule has 3 rings (SSSR count). The lowest BCUT2D eigenvalue weighted by Gasteiger charge is -2.29. The van der Waals surface area contributed by atoms with Gasteiger partial charge < -0.3 is 76.6 Å². The largest absolute Gasteiger partial charge is 0.391 e. The van der Waals surface area contributed by atoms with Crippen molar-refractivity contribution in [2.45, 2.75) is 212 Å². The number of hydrogen-bond acceptors (Lipinski definition) is 16. The van der Waals surface area contributed by atoms with Crippen LogP contribution in [0.25, 0.3) is 0 Å². The zero-order chi connectivity index (χ0) is 63.2. The van der Waals surface area contributed by atoms with Crippen LogP contribution in [0.4, 0.5) is 0 Å². The standard InChI is InChI=1S/C22H34N4O4.C16H30N4O3.C8H16O.C8H18.C6H11NO2S.C2H7N/c1-23-12-6-11-18(22(30)26-13-7-10-17(26)15-27)25-21(29)20(24-2)19(28)14-16-8-4-3-5-9-16;1-4-13(16(23)20-10-6-7-12(20)11-21)19-15(22)14(18-3)8-5-9-17-2;1-2-3-4-5-6-7-8-9;1-5-8(4)6-7(2)3;1-10-3-2-6(4-8)7-5-9;1-3-2/h3-5,8-9,15,17-20,23-24,28H,6-7,10-14H2,1-2H3,(H,25,29);11-14,17-18H,4-10H2,1-3H3,(H,19,22);8H,2-7H2,1H3;7-8H,5-6H2,1-4H3;4-6H,2-3H2,1H3,(H,7,9);3H,1-2H3/t17?,18?,19-,20?;;;;;/m1...../s1. The minimum atomic E-state index is -0.944. The number of likely N-dealkylation sites (N-methyl/N-ethyl adjacent to an activating group) is 2. The number of aliphatic hydroxyl groups excluding tert-OH is 1. The molecule has 8 unspecified atom stereocenters. The highest BCUT2D eigenvalue weighted by Crippen LogP contribution is 2.20. The molecule has 5 amide bonds. The number of rotatable bonds is 37. The summed E-state index contributed by atoms with van der Waals surface area (Å²) in [6.45, 7) is 15.9. The fourth-order valence-electron chi connectivity index (χ4n) is 9.11. The molecular formula is C62H116N10O10S. The molecule has 2 saturated heterocycles. The van der Waals surface area contributed by atoms with E-state index in [0.29, 0.717) is 77.4 Å². The fraction of sp³-hybridized carbons (Fsp3) is 0.758. The average Bonchev–Trinajstić information content (AvgIpc) is 4.44. The number of aliphatic hydroxyl groups is 1. The van der Waals surface area contributed by atoms with Gasteiger partial charge in [-0.1, -0.05) is 104 Å². The maximum atomic E-state index is 13.1. The van der Waals surface area contributed by atoms with Crippen molar-refractivity contribution in [3.05, 3.63) is 35.9 Å². The second kappa shape index (κ2) is 56.5. The lowest BCUT2D eigenvalue weighted by Crippen LogP contribution is -2.57. The molecule has 480 valence electrons. The Morgan fingerprint density at radius 3 is 1.63 bits per heavy atom. The molecule has 0 aromatic heterocycles. The van der Waals surface area contributed by atoms with Gasteiger partial charge in [0.25, 0.3) is 0 Å². The molecule has 1 aromatic rings. The van der Waals surface area contributed by atoms with Crippen LogP contribution < -0.4 is 42.5 Å². The molecule has 2 aliphatic heterocycles. The van der Waals surface area contributed by atoms with E-state index in [2.05, 4.69) is 77.2 Å². The van der Waals surface area contributed by atoms with E-state index >= 15 is 0 Å². The van der Waals surface area contributed by atoms with E-state index in [-0.39, 0.29) is 35.8 Å². The molecule has 9 N–H and O–H groups in total. The predicted molar refractivity (Wildman–Crippen MR) is 339 cm³/mol. The van der Waals surface area contributed by atoms with E-state index < -0.39 is 36.2 Å². The quantitative estimate of drug-likeness (QED) is 0.0312. The Hall–Kier alpha value is -4.64. The van der Waals surface area contributed by atoms with Gasteiger partial charge in [-0.25, -0.2) is 0 Å². The van der Waals surface area contributed by atoms with Gasteiger partial charge in [-0.2, -0.15) is 11.8 Å². The topological polar surface area (TPSA) is 277 Å². The number of carbonyl (C=O) groups is 9. The van der Waals surface area contributed by atoms with E-state index in [1.165, 1.54) is 38.5 Å². The Morgan fingerprint density at radius 2 is 1.20 bits per heavy atom. The first kappa shape index (κ1) is 82.6. The molecular weight excluding hydrogens is 1080 g/mol. The highest BCUT2D eigenvalue weighted by Gasteiger charge is 2.36. The summed E-state index contributed by atoms with van der Waals surface area (Å²) < 4.78 is 0. The van der Waals surface area contributed by atoms with Crippen LogP contribution in [0.3, 0.4) is 0 Å². The second-order valence-corrected chi connectivity index (χ2v) is 22.4. The Bertz CT molecular complexity index is 1810. The van der Waals surface area contributed by atoms with Crippen LogP contribution in [0.1, 0.15) is 163 Å². The van der Waals surface area contributed by atoms with Gasteiger partial charge in [0, 0.05) is 25.9 Å². The van der Waals surface area contributed by atoms with Crippen LogP contribution in [-0.4, -0.2) is 199 Å². The van der Waals surface area contributed by atoms with Crippen molar-refractivity contribution in [1.29, 1.82) is 0 Å². The first-order valence-corrected chi connectivity index (χ1v) is 32.0. The number of aldehydes is 4. The van der Waals surface area contributed by atoms with Crippen molar-refractivity contribution >= 4 is 66.9 Å². The highest BCUT2D eigenvalue weighted by atomic mass is 32.2. The van der Waals surface area contributed by atoms with Crippen molar-refractivity contribution < 1.29 is 48.3 Å². The zero-order valence-electron chi connectivity index (χ0n) is 53.4. The van der Waals surface area contributed by atoms with Crippen molar-refractivity contribution in [2.75, 3.05) is 80.5 Å². The Kier molecular flexibility index (Phi) is 56.2. The Morgan fingerprint density at radius 1 is 0.675 bits per heavy atom. The van der Waals surface area contributed by atoms with E-state index in [9.17, 15) is 48.3 Å². The summed E-state index contributed by atoms with van der Waals surface area (Å²) in [7, 11) is 10.8. The average molecular weight is 1190 g/mol. The van der Waals surface area contributed by atoms with Crippen LogP contribution in [0.5, 0.6) is 0 Å². The predicted octanol–water partition coefficient (Wildman–Crippen LogP) is 5.02. The monoisotopic (exact) mass is 1190 g/mol. The van der Waals surface area contributed by atoms with Crippen LogP contribution in [0.15, 0.2) is 30.3 Å². The lowest BCUT2D eigenvalue weighted by molar-refractivity contribution is -0.139. The van der Waals surface area contributed by atoms with Gasteiger partial charge in [-0.3, -0.25) is 24.0 Å². The normalized spacial score (nSPS) is 16.6. The van der Waals surface area contributed by atoms with Gasteiger partial charge in [0.1, 0.15) is 43.3 Å². The number of hydrogen-bond donors (Lipinski definition) is 9. The smallest absolute Gasteiger partial charge is 0.245 e. The van der Waals surface area contributed by atoms with Crippen molar-refractivity contribution in [1.82, 2.24) is 52.3 Å². The van der Waals surface area contributed by atoms with Crippen LogP contribution in [0.2, 0.25) is 0 Å². The van der Waals surface area contributed by atoms with E-state index in [1.807, 2.05) is 71.7 Å². The Balaban J connectivity index is -0.00000105. The number of carbonyl (C=O) groups excluding carboxylic acids is 9. The molecule has 0 bridgehead atoms. The summed E-state index contributed by atoms with van der Waals surface area (Å²) >= 11 is 1.66. The van der Waals surface area contributed by atoms with E-state index in [1.54, 1.807) is 35.7 Å². The minimum absolute atomic E-state index is 0.152. The van der Waals surface area contributed by atoms with Gasteiger partial charge in [-0.15, -0.1) is 0 Å². The van der Waals surface area contributed by atoms with Crippen LogP contribution in [0, 0.1) is 11.8 Å². The maximum Gasteiger partial charge on any atom is 0.245 e. The third kappa shape index (κ3) is 40.3. The molecule has 0 spiro atoms. The van der Waals surface area contributed by atoms with Crippen molar-refractivity contribution in [2.24, 2.45) is 11.8 Å². The summed E-state index contributed by atoms with van der Waals surface area (Å²) in [4.78, 5) is 106. The lowest BCUT2D eigenvalue weighted by atomic mass is 9.97. The third-order valence-electron chi connectivity index (χ3n) is 14.0. The minimum Gasteiger partial charge on any atom is -0.391 e. The first-order valence-electron chi connectivity index (χ1n) is 30.6. The molecule has 0 saturated carbocycles. The number of benzene rings is 1. The molecule has 2 fully saturated rings. The van der Waals surface area contributed by atoms with Gasteiger partial charge in [0.2, 0.25) is 30.0 Å². The number of nitrogens with zero attached hydrogens (tertiary/aromatic N) is 2. The molecule has 21 heteroatoms. The van der Waals surface area contributed by atoms with Gasteiger partial charge >= 0.3 is 0 Å². The molecule has 2 heterocycles. The highest BCUT2D eigenvalue weighted by molar-refractivity contribution is 7.98. The van der Waals surface area contributed by atoms with E-state index in [0.717, 1.165) is 86.9 Å². The number of unbranched alkanes of at least 4 members (excludes halogenated alkanes) is 5. The van der Waals surface area contributed by atoms with Gasteiger partial charge in [0.05, 0.1) is 30.3 Å². The van der Waals surface area contributed by atoms with Gasteiger partial charge in [0.15, 0.2) is 0 Å². The summed E-state index contributed by atoms with van der Waals surface area (Å²) in [5.74, 6) is 1.72. The molecule has 1 aromatic carbocycles. The SMILES string of the molecule is CCC(C)CC(C)C.CCC(NC(=O)C(CCCNC)NC)C(=O)N1CCCC1C=O.CCCCCCCC=O.CNC.CNCCCC(NC(=O)C(NC)[C@H](O)Cc1ccccc1)C(=O)N1CCCC1C=O.CSCCC(C=O)NC=O. The number of thioether (sulfide) groups is 1. The first-order chi connectivity index (χ1) is 39.9. The summed E-state index contributed by atoms with van der Waals surface area (Å²) in [6.07, 6.45) is 21.9. The summed E-state index contributed by atoms with van der Waals surface area (Å²) in [5, 5.41) is 33.4. The van der Waals surface area contributed by atoms with Crippen LogP contribution >= 0.6 is 11.8 Å². The molecule has 2 aliphatic rings. The maximum absolute atomic E-state index is 13.1. The molecule has 20 nitrogen and oxygen atoms in total. The number of amides is 5. The Labute approximate surface area is 505 Å². The molecule has 83 heavy (non-hydrogen) atoms. The molecule has 0 radical (unpaired) electrons. The number of nitrogens with one attached hydrogen (secondary N) is 8. The zero-order valence-corrected chi connectivity index (χ0v) is 54.3. The summed E-state index contributed by atoms with van der Waals surface area (Å²) in [6, 6.07) is 5.91. The molecule has 0 aliphatic carbocycles.